The quantitative estimate of drug-likeness (QED) is 0.340. The van der Waals surface area contributed by atoms with Crippen molar-refractivity contribution in [3.8, 4) is 28.2 Å². The zero-order valence-corrected chi connectivity index (χ0v) is 17.1. The highest BCUT2D eigenvalue weighted by molar-refractivity contribution is 6.03. The van der Waals surface area contributed by atoms with E-state index in [0.717, 1.165) is 17.7 Å². The third-order valence-electron chi connectivity index (χ3n) is 4.90. The van der Waals surface area contributed by atoms with Gasteiger partial charge in [0.15, 0.2) is 0 Å². The fourth-order valence-corrected chi connectivity index (χ4v) is 3.45. The van der Waals surface area contributed by atoms with E-state index in [-0.39, 0.29) is 17.9 Å². The molecule has 0 bridgehead atoms. The summed E-state index contributed by atoms with van der Waals surface area (Å²) in [4.78, 5) is 13.0. The van der Waals surface area contributed by atoms with Crippen LogP contribution in [0.5, 0.6) is 0 Å². The molecular formula is C25H19F3N2O2. The maximum atomic E-state index is 13.0. The van der Waals surface area contributed by atoms with Crippen LogP contribution in [0.3, 0.4) is 0 Å². The van der Waals surface area contributed by atoms with Crippen LogP contribution in [0, 0.1) is 0 Å². The molecule has 0 atom stereocenters. The minimum absolute atomic E-state index is 0.149. The van der Waals surface area contributed by atoms with E-state index in [4.69, 9.17) is 4.74 Å². The summed E-state index contributed by atoms with van der Waals surface area (Å²) in [7, 11) is 0. The van der Waals surface area contributed by atoms with Crippen molar-refractivity contribution in [3.63, 3.8) is 0 Å². The molecule has 0 aliphatic heterocycles. The van der Waals surface area contributed by atoms with Crippen molar-refractivity contribution in [2.24, 2.45) is 0 Å². The lowest BCUT2D eigenvalue weighted by atomic mass is 10.0. The Hall–Kier alpha value is -3.87. The first-order valence-electron chi connectivity index (χ1n) is 9.98. The monoisotopic (exact) mass is 436 g/mol. The number of halogens is 3. The lowest BCUT2D eigenvalue weighted by Gasteiger charge is -2.10. The second kappa shape index (κ2) is 8.70. The molecule has 4 aromatic rings. The Kier molecular flexibility index (Phi) is 5.81. The van der Waals surface area contributed by atoms with Gasteiger partial charge >= 0.3 is 12.1 Å². The van der Waals surface area contributed by atoms with Crippen LogP contribution in [-0.4, -0.2) is 22.4 Å². The summed E-state index contributed by atoms with van der Waals surface area (Å²) in [6.45, 7) is 1.84. The average molecular weight is 436 g/mol. The van der Waals surface area contributed by atoms with Crippen LogP contribution in [0.25, 0.3) is 28.2 Å². The number of nitrogens with zero attached hydrogens (tertiary/aromatic N) is 2. The molecule has 0 spiro atoms. The number of hydrogen-bond donors (Lipinski definition) is 0. The first kappa shape index (κ1) is 21.4. The van der Waals surface area contributed by atoms with Gasteiger partial charge in [-0.3, -0.25) is 0 Å². The number of carbonyl (C=O) groups excluding carboxylic acids is 1. The van der Waals surface area contributed by atoms with Crippen LogP contribution in [0.1, 0.15) is 22.8 Å². The summed E-state index contributed by atoms with van der Waals surface area (Å²) in [5.41, 5.74) is 1.99. The first-order valence-corrected chi connectivity index (χ1v) is 9.98. The summed E-state index contributed by atoms with van der Waals surface area (Å²) in [5.74, 6) is -0.594. The van der Waals surface area contributed by atoms with Crippen LogP contribution >= 0.6 is 0 Å². The van der Waals surface area contributed by atoms with Crippen molar-refractivity contribution in [2.45, 2.75) is 13.1 Å². The van der Waals surface area contributed by atoms with Crippen molar-refractivity contribution in [3.05, 3.63) is 96.1 Å². The molecule has 32 heavy (non-hydrogen) atoms. The summed E-state index contributed by atoms with van der Waals surface area (Å²) in [5, 5.41) is 4.66. The zero-order chi connectivity index (χ0) is 22.7. The van der Waals surface area contributed by atoms with Gasteiger partial charge in [0.1, 0.15) is 11.3 Å². The number of benzene rings is 3. The van der Waals surface area contributed by atoms with Crippen LogP contribution < -0.4 is 0 Å². The molecule has 0 saturated carbocycles. The molecule has 4 rings (SSSR count). The van der Waals surface area contributed by atoms with E-state index in [1.54, 1.807) is 11.6 Å². The molecule has 7 heteroatoms. The third-order valence-corrected chi connectivity index (χ3v) is 4.90. The molecule has 4 nitrogen and oxygen atoms in total. The summed E-state index contributed by atoms with van der Waals surface area (Å²) in [6, 6.07) is 23.0. The number of hydrogen-bond acceptors (Lipinski definition) is 3. The maximum Gasteiger partial charge on any atom is 0.416 e. The largest absolute Gasteiger partial charge is 0.462 e. The van der Waals surface area contributed by atoms with Crippen molar-refractivity contribution >= 4 is 5.97 Å². The molecular weight excluding hydrogens is 417 g/mol. The van der Waals surface area contributed by atoms with E-state index in [1.807, 2.05) is 60.7 Å². The molecule has 0 aliphatic carbocycles. The molecule has 0 saturated heterocycles. The topological polar surface area (TPSA) is 44.1 Å². The van der Waals surface area contributed by atoms with E-state index in [0.29, 0.717) is 16.9 Å². The van der Waals surface area contributed by atoms with E-state index >= 15 is 0 Å². The van der Waals surface area contributed by atoms with Gasteiger partial charge in [0.2, 0.25) is 0 Å². The molecule has 1 heterocycles. The molecule has 0 radical (unpaired) electrons. The molecule has 3 aromatic carbocycles. The Morgan fingerprint density at radius 3 is 2.03 bits per heavy atom. The molecule has 162 valence electrons. The standard InChI is InChI=1S/C25H19F3N2O2/c1-2-32-24(31)21-22(17-13-15-19(16-14-17)25(26,27)28)29-30(20-11-7-4-8-12-20)23(21)18-9-5-3-6-10-18/h3-16H,2H2,1H3. The van der Waals surface area contributed by atoms with E-state index < -0.39 is 17.7 Å². The van der Waals surface area contributed by atoms with E-state index in [1.165, 1.54) is 12.1 Å². The van der Waals surface area contributed by atoms with Crippen molar-refractivity contribution < 1.29 is 22.7 Å². The highest BCUT2D eigenvalue weighted by atomic mass is 19.4. The Morgan fingerprint density at radius 2 is 1.47 bits per heavy atom. The van der Waals surface area contributed by atoms with Gasteiger partial charge in [0, 0.05) is 11.1 Å². The second-order valence-electron chi connectivity index (χ2n) is 6.98. The predicted molar refractivity (Wildman–Crippen MR) is 115 cm³/mol. The van der Waals surface area contributed by atoms with Gasteiger partial charge in [-0.1, -0.05) is 60.7 Å². The van der Waals surface area contributed by atoms with Gasteiger partial charge in [-0.25, -0.2) is 9.48 Å². The lowest BCUT2D eigenvalue weighted by Crippen LogP contribution is -2.08. The molecule has 0 aliphatic rings. The van der Waals surface area contributed by atoms with Gasteiger partial charge in [-0.2, -0.15) is 18.3 Å². The number of para-hydroxylation sites is 1. The van der Waals surface area contributed by atoms with Crippen LogP contribution in [0.4, 0.5) is 13.2 Å². The lowest BCUT2D eigenvalue weighted by molar-refractivity contribution is -0.137. The molecule has 0 amide bonds. The van der Waals surface area contributed by atoms with Gasteiger partial charge in [-0.15, -0.1) is 0 Å². The number of carbonyl (C=O) groups is 1. The average Bonchev–Trinajstić information content (AvgIpc) is 3.21. The highest BCUT2D eigenvalue weighted by Gasteiger charge is 2.31. The SMILES string of the molecule is CCOC(=O)c1c(-c2ccc(C(F)(F)F)cc2)nn(-c2ccccc2)c1-c1ccccc1. The summed E-state index contributed by atoms with van der Waals surface area (Å²) >= 11 is 0. The predicted octanol–water partition coefficient (Wildman–Crippen LogP) is 6.40. The number of alkyl halides is 3. The summed E-state index contributed by atoms with van der Waals surface area (Å²) in [6.07, 6.45) is -4.46. The van der Waals surface area contributed by atoms with Crippen LogP contribution in [0.2, 0.25) is 0 Å². The number of aromatic nitrogens is 2. The van der Waals surface area contributed by atoms with E-state index in [2.05, 4.69) is 5.10 Å². The number of ether oxygens (including phenoxy) is 1. The van der Waals surface area contributed by atoms with Crippen molar-refractivity contribution in [1.82, 2.24) is 9.78 Å². The molecule has 0 fully saturated rings. The Labute approximate surface area is 182 Å². The fourth-order valence-electron chi connectivity index (χ4n) is 3.45. The van der Waals surface area contributed by atoms with Gasteiger partial charge in [-0.05, 0) is 31.2 Å². The van der Waals surface area contributed by atoms with Gasteiger partial charge in [0.05, 0.1) is 23.6 Å². The number of esters is 1. The van der Waals surface area contributed by atoms with Crippen LogP contribution in [-0.2, 0) is 10.9 Å². The van der Waals surface area contributed by atoms with Crippen molar-refractivity contribution in [1.29, 1.82) is 0 Å². The maximum absolute atomic E-state index is 13.0. The molecule has 0 N–H and O–H groups in total. The van der Waals surface area contributed by atoms with Crippen molar-refractivity contribution in [2.75, 3.05) is 6.61 Å². The normalized spacial score (nSPS) is 11.4. The van der Waals surface area contributed by atoms with Gasteiger partial charge in [0.25, 0.3) is 0 Å². The molecule has 0 unspecified atom stereocenters. The Bertz CT molecular complexity index is 1220. The van der Waals surface area contributed by atoms with Gasteiger partial charge < -0.3 is 4.74 Å². The fraction of sp³-hybridized carbons (Fsp3) is 0.120. The van der Waals surface area contributed by atoms with E-state index in [9.17, 15) is 18.0 Å². The zero-order valence-electron chi connectivity index (χ0n) is 17.1. The highest BCUT2D eigenvalue weighted by Crippen LogP contribution is 2.36. The minimum atomic E-state index is -4.46. The minimum Gasteiger partial charge on any atom is -0.462 e. The Morgan fingerprint density at radius 1 is 0.875 bits per heavy atom. The third kappa shape index (κ3) is 4.14. The second-order valence-corrected chi connectivity index (χ2v) is 6.98. The van der Waals surface area contributed by atoms with Crippen LogP contribution in [0.15, 0.2) is 84.9 Å². The number of rotatable bonds is 5. The molecule has 1 aromatic heterocycles. The Balaban J connectivity index is 1.99. The first-order chi connectivity index (χ1) is 15.4. The smallest absolute Gasteiger partial charge is 0.416 e. The summed E-state index contributed by atoms with van der Waals surface area (Å²) < 4.78 is 46.1.